The van der Waals surface area contributed by atoms with E-state index >= 15 is 0 Å². The number of carboxylic acid groups (broad SMARTS) is 1. The predicted octanol–water partition coefficient (Wildman–Crippen LogP) is 2.68. The molecule has 19 heavy (non-hydrogen) atoms. The number of carbonyl (C=O) groups excluding carboxylic acids is 1. The molecule has 0 bridgehead atoms. The zero-order chi connectivity index (χ0) is 14.6. The van der Waals surface area contributed by atoms with Gasteiger partial charge in [0.15, 0.2) is 0 Å². The smallest absolute Gasteiger partial charge is 0.450 e. The summed E-state index contributed by atoms with van der Waals surface area (Å²) in [6, 6.07) is -0.261. The predicted molar refractivity (Wildman–Crippen MR) is 75.6 cm³/mol. The molecule has 1 rings (SSSR count). The van der Waals surface area contributed by atoms with E-state index in [1.54, 1.807) is 42.4 Å². The van der Waals surface area contributed by atoms with Crippen molar-refractivity contribution < 1.29 is 24.2 Å². The second kappa shape index (κ2) is 6.60. The molecule has 0 aromatic carbocycles. The highest BCUT2D eigenvalue weighted by Crippen LogP contribution is 2.36. The van der Waals surface area contributed by atoms with Gasteiger partial charge in [0.1, 0.15) is 12.2 Å². The number of hydrogen-bond acceptors (Lipinski definition) is 6. The maximum Gasteiger partial charge on any atom is 0.505 e. The lowest BCUT2D eigenvalue weighted by Crippen LogP contribution is -2.63. The number of hydrogen-bond donors (Lipinski definition) is 1. The van der Waals surface area contributed by atoms with Crippen molar-refractivity contribution in [3.05, 3.63) is 0 Å². The lowest BCUT2D eigenvalue weighted by atomic mass is 10.0. The SMILES string of the molecule is CSSC1CN(C(=O)OC(C)(C)C)C1COC(=O)O. The molecule has 1 N–H and O–H groups in total. The van der Waals surface area contributed by atoms with Crippen LogP contribution >= 0.6 is 21.6 Å². The van der Waals surface area contributed by atoms with Gasteiger partial charge in [-0.1, -0.05) is 21.6 Å². The van der Waals surface area contributed by atoms with Gasteiger partial charge in [-0.15, -0.1) is 0 Å². The first-order valence-corrected chi connectivity index (χ1v) is 8.41. The zero-order valence-corrected chi connectivity index (χ0v) is 13.0. The first kappa shape index (κ1) is 16.3. The molecule has 2 unspecified atom stereocenters. The Bertz CT molecular complexity index is 344. The molecule has 0 aromatic rings. The van der Waals surface area contributed by atoms with Crippen LogP contribution in [-0.2, 0) is 9.47 Å². The van der Waals surface area contributed by atoms with E-state index in [0.29, 0.717) is 6.54 Å². The molecule has 1 heterocycles. The minimum absolute atomic E-state index is 0.0210. The molecule has 0 saturated carbocycles. The van der Waals surface area contributed by atoms with Crippen LogP contribution in [0.4, 0.5) is 9.59 Å². The van der Waals surface area contributed by atoms with Gasteiger partial charge >= 0.3 is 12.2 Å². The van der Waals surface area contributed by atoms with E-state index in [4.69, 9.17) is 9.84 Å². The van der Waals surface area contributed by atoms with Gasteiger partial charge in [0.05, 0.1) is 11.3 Å². The molecule has 0 aromatic heterocycles. The summed E-state index contributed by atoms with van der Waals surface area (Å²) in [6.45, 7) is 5.91. The van der Waals surface area contributed by atoms with E-state index in [0.717, 1.165) is 0 Å². The van der Waals surface area contributed by atoms with Crippen molar-refractivity contribution in [1.29, 1.82) is 0 Å². The maximum atomic E-state index is 11.9. The highest BCUT2D eigenvalue weighted by molar-refractivity contribution is 8.76. The molecule has 2 atom stereocenters. The average Bonchev–Trinajstić information content (AvgIpc) is 2.20. The highest BCUT2D eigenvalue weighted by Gasteiger charge is 2.44. The highest BCUT2D eigenvalue weighted by atomic mass is 33.1. The van der Waals surface area contributed by atoms with Crippen molar-refractivity contribution in [2.24, 2.45) is 0 Å². The van der Waals surface area contributed by atoms with E-state index in [1.807, 2.05) is 6.26 Å². The Morgan fingerprint density at radius 2 is 2.05 bits per heavy atom. The van der Waals surface area contributed by atoms with Crippen molar-refractivity contribution in [3.8, 4) is 0 Å². The van der Waals surface area contributed by atoms with Gasteiger partial charge in [0.2, 0.25) is 0 Å². The summed E-state index contributed by atoms with van der Waals surface area (Å²) >= 11 is 0. The molecule has 0 aliphatic carbocycles. The summed E-state index contributed by atoms with van der Waals surface area (Å²) in [6.07, 6.45) is 0.184. The summed E-state index contributed by atoms with van der Waals surface area (Å²) in [4.78, 5) is 23.9. The minimum atomic E-state index is -1.33. The summed E-state index contributed by atoms with van der Waals surface area (Å²) in [7, 11) is 3.20. The normalized spacial score (nSPS) is 22.6. The van der Waals surface area contributed by atoms with Gasteiger partial charge in [0.25, 0.3) is 0 Å². The van der Waals surface area contributed by atoms with Crippen LogP contribution < -0.4 is 0 Å². The Labute approximate surface area is 120 Å². The van der Waals surface area contributed by atoms with Crippen LogP contribution in [0.15, 0.2) is 0 Å². The van der Waals surface area contributed by atoms with Crippen molar-refractivity contribution in [3.63, 3.8) is 0 Å². The Kier molecular flexibility index (Phi) is 5.66. The number of nitrogens with zero attached hydrogens (tertiary/aromatic N) is 1. The van der Waals surface area contributed by atoms with Gasteiger partial charge in [0, 0.05) is 6.54 Å². The summed E-state index contributed by atoms with van der Waals surface area (Å²) in [5.41, 5.74) is -0.562. The van der Waals surface area contributed by atoms with Gasteiger partial charge < -0.3 is 14.6 Å². The molecule has 1 aliphatic heterocycles. The van der Waals surface area contributed by atoms with E-state index in [9.17, 15) is 9.59 Å². The monoisotopic (exact) mass is 309 g/mol. The third-order valence-corrected chi connectivity index (χ3v) is 4.65. The molecule has 1 amide bonds. The number of rotatable bonds is 4. The first-order valence-electron chi connectivity index (χ1n) is 5.79. The van der Waals surface area contributed by atoms with Crippen molar-refractivity contribution in [2.45, 2.75) is 37.7 Å². The molecule has 1 aliphatic rings. The summed E-state index contributed by atoms with van der Waals surface area (Å²) < 4.78 is 9.85. The van der Waals surface area contributed by atoms with E-state index in [2.05, 4.69) is 4.74 Å². The Morgan fingerprint density at radius 1 is 1.42 bits per heavy atom. The van der Waals surface area contributed by atoms with Gasteiger partial charge in [-0.25, -0.2) is 9.59 Å². The van der Waals surface area contributed by atoms with E-state index in [1.165, 1.54) is 4.90 Å². The zero-order valence-electron chi connectivity index (χ0n) is 11.4. The quantitative estimate of drug-likeness (QED) is 0.632. The van der Waals surface area contributed by atoms with Crippen LogP contribution in [0.5, 0.6) is 0 Å². The fourth-order valence-corrected chi connectivity index (χ4v) is 3.75. The number of amides is 1. The topological polar surface area (TPSA) is 76.1 Å². The number of carbonyl (C=O) groups is 2. The third kappa shape index (κ3) is 5.02. The third-order valence-electron chi connectivity index (χ3n) is 2.43. The standard InChI is InChI=1S/C11H19NO5S2/c1-11(2,3)17-9(13)12-5-8(19-18-4)7(12)6-16-10(14)15/h7-8H,5-6H2,1-4H3,(H,14,15). The van der Waals surface area contributed by atoms with Crippen LogP contribution in [0.2, 0.25) is 0 Å². The molecular weight excluding hydrogens is 290 g/mol. The average molecular weight is 309 g/mol. The van der Waals surface area contributed by atoms with E-state index in [-0.39, 0.29) is 17.9 Å². The summed E-state index contributed by atoms with van der Waals surface area (Å²) in [5, 5.41) is 8.71. The van der Waals surface area contributed by atoms with Crippen LogP contribution in [0.3, 0.4) is 0 Å². The molecule has 0 spiro atoms. The molecule has 6 nitrogen and oxygen atoms in total. The molecule has 0 radical (unpaired) electrons. The van der Waals surface area contributed by atoms with Crippen molar-refractivity contribution in [2.75, 3.05) is 19.4 Å². The first-order chi connectivity index (χ1) is 8.74. The Morgan fingerprint density at radius 3 is 2.53 bits per heavy atom. The van der Waals surface area contributed by atoms with Crippen molar-refractivity contribution in [1.82, 2.24) is 4.90 Å². The minimum Gasteiger partial charge on any atom is -0.450 e. The Balaban J connectivity index is 2.57. The van der Waals surface area contributed by atoms with Crippen LogP contribution in [0.25, 0.3) is 0 Å². The number of likely N-dealkylation sites (tertiary alicyclic amines) is 1. The van der Waals surface area contributed by atoms with Crippen LogP contribution in [-0.4, -0.2) is 58.6 Å². The number of ether oxygens (including phenoxy) is 2. The molecule has 1 saturated heterocycles. The Hall–Kier alpha value is -0.760. The second-order valence-electron chi connectivity index (χ2n) is 5.08. The van der Waals surface area contributed by atoms with Gasteiger partial charge in [-0.05, 0) is 27.0 Å². The second-order valence-corrected chi connectivity index (χ2v) is 7.79. The lowest BCUT2D eigenvalue weighted by Gasteiger charge is -2.46. The van der Waals surface area contributed by atoms with Crippen LogP contribution in [0.1, 0.15) is 20.8 Å². The van der Waals surface area contributed by atoms with Gasteiger partial charge in [-0.3, -0.25) is 4.90 Å². The summed E-state index contributed by atoms with van der Waals surface area (Å²) in [5.74, 6) is 0. The lowest BCUT2D eigenvalue weighted by molar-refractivity contribution is -0.0204. The molecular formula is C11H19NO5S2. The van der Waals surface area contributed by atoms with Crippen LogP contribution in [0, 0.1) is 0 Å². The molecule has 1 fully saturated rings. The molecule has 8 heteroatoms. The van der Waals surface area contributed by atoms with Gasteiger partial charge in [-0.2, -0.15) is 0 Å². The maximum absolute atomic E-state index is 11.9. The van der Waals surface area contributed by atoms with E-state index < -0.39 is 17.8 Å². The fourth-order valence-electron chi connectivity index (χ4n) is 1.62. The largest absolute Gasteiger partial charge is 0.505 e. The molecule has 110 valence electrons. The van der Waals surface area contributed by atoms with Crippen molar-refractivity contribution >= 4 is 33.8 Å². The fraction of sp³-hybridized carbons (Fsp3) is 0.818.